The second-order valence-corrected chi connectivity index (χ2v) is 3.91. The fourth-order valence-electron chi connectivity index (χ4n) is 1.60. The number of ketones is 1. The molecule has 0 atom stereocenters. The number of aromatic nitrogens is 2. The summed E-state index contributed by atoms with van der Waals surface area (Å²) in [7, 11) is 1.44. The van der Waals surface area contributed by atoms with Gasteiger partial charge >= 0.3 is 0 Å². The van der Waals surface area contributed by atoms with Crippen LogP contribution in [0.1, 0.15) is 21.9 Å². The third-order valence-corrected chi connectivity index (χ3v) is 2.54. The van der Waals surface area contributed by atoms with E-state index in [4.69, 9.17) is 10.5 Å². The molecule has 0 spiro atoms. The van der Waals surface area contributed by atoms with Crippen molar-refractivity contribution in [3.63, 3.8) is 0 Å². The molecule has 19 heavy (non-hydrogen) atoms. The zero-order chi connectivity index (χ0) is 14.0. The van der Waals surface area contributed by atoms with Crippen molar-refractivity contribution in [1.29, 1.82) is 0 Å². The van der Waals surface area contributed by atoms with E-state index in [1.165, 1.54) is 25.3 Å². The van der Waals surface area contributed by atoms with Crippen molar-refractivity contribution in [3.05, 3.63) is 47.2 Å². The minimum absolute atomic E-state index is 0.0349. The number of anilines is 1. The Morgan fingerprint density at radius 3 is 2.79 bits per heavy atom. The van der Waals surface area contributed by atoms with Crippen molar-refractivity contribution >= 4 is 11.5 Å². The van der Waals surface area contributed by atoms with Crippen molar-refractivity contribution in [3.8, 4) is 5.88 Å². The van der Waals surface area contributed by atoms with Crippen molar-refractivity contribution in [2.75, 3.05) is 12.8 Å². The van der Waals surface area contributed by atoms with Gasteiger partial charge in [0.1, 0.15) is 5.82 Å². The topological polar surface area (TPSA) is 78.1 Å². The molecule has 1 aromatic heterocycles. The molecule has 1 aromatic carbocycles. The molecule has 0 aliphatic rings. The number of aryl methyl sites for hydroxylation is 1. The Kier molecular flexibility index (Phi) is 3.41. The van der Waals surface area contributed by atoms with Crippen LogP contribution in [0.15, 0.2) is 24.3 Å². The lowest BCUT2D eigenvalue weighted by Gasteiger charge is -2.06. The number of carbonyl (C=O) groups is 1. The fraction of sp³-hybridized carbons (Fsp3) is 0.154. The molecular formula is C13H12FN3O2. The molecule has 2 rings (SSSR count). The molecular weight excluding hydrogens is 249 g/mol. The summed E-state index contributed by atoms with van der Waals surface area (Å²) >= 11 is 0. The van der Waals surface area contributed by atoms with E-state index < -0.39 is 11.6 Å². The van der Waals surface area contributed by atoms with Gasteiger partial charge in [0.25, 0.3) is 0 Å². The minimum Gasteiger partial charge on any atom is -0.481 e. The molecule has 1 heterocycles. The molecule has 0 fully saturated rings. The number of carbonyl (C=O) groups excluding carboxylic acids is 1. The lowest BCUT2D eigenvalue weighted by Crippen LogP contribution is -2.12. The largest absolute Gasteiger partial charge is 0.481 e. The zero-order valence-corrected chi connectivity index (χ0v) is 10.5. The van der Waals surface area contributed by atoms with E-state index in [1.54, 1.807) is 13.0 Å². The van der Waals surface area contributed by atoms with Gasteiger partial charge in [0.05, 0.1) is 18.4 Å². The average molecular weight is 261 g/mol. The average Bonchev–Trinajstić information content (AvgIpc) is 2.40. The fourth-order valence-corrected chi connectivity index (χ4v) is 1.60. The molecule has 5 nitrogen and oxygen atoms in total. The van der Waals surface area contributed by atoms with Crippen LogP contribution in [0.3, 0.4) is 0 Å². The van der Waals surface area contributed by atoms with E-state index in [0.717, 1.165) is 0 Å². The number of nitrogens with two attached hydrogens (primary N) is 1. The maximum absolute atomic E-state index is 13.3. The molecule has 2 aromatic rings. The summed E-state index contributed by atoms with van der Waals surface area (Å²) in [5.74, 6) is -0.996. The maximum Gasteiger partial charge on any atom is 0.232 e. The Bertz CT molecular complexity index is 644. The summed E-state index contributed by atoms with van der Waals surface area (Å²) in [5.41, 5.74) is 5.94. The summed E-state index contributed by atoms with van der Waals surface area (Å²) in [6.45, 7) is 1.70. The van der Waals surface area contributed by atoms with Gasteiger partial charge in [-0.3, -0.25) is 4.79 Å². The summed E-state index contributed by atoms with van der Waals surface area (Å²) in [5, 5.41) is 0. The first kappa shape index (κ1) is 12.9. The lowest BCUT2D eigenvalue weighted by molar-refractivity contribution is 0.102. The first-order valence-electron chi connectivity index (χ1n) is 5.51. The van der Waals surface area contributed by atoms with E-state index >= 15 is 0 Å². The van der Waals surface area contributed by atoms with E-state index in [1.807, 2.05) is 0 Å². The number of ether oxygens (including phenoxy) is 1. The van der Waals surface area contributed by atoms with Gasteiger partial charge in [-0.2, -0.15) is 4.98 Å². The third-order valence-electron chi connectivity index (χ3n) is 2.54. The van der Waals surface area contributed by atoms with Crippen molar-refractivity contribution in [2.45, 2.75) is 6.92 Å². The normalized spacial score (nSPS) is 10.3. The second kappa shape index (κ2) is 5.01. The highest BCUT2D eigenvalue weighted by atomic mass is 19.1. The zero-order valence-electron chi connectivity index (χ0n) is 10.5. The number of benzene rings is 1. The molecule has 0 saturated carbocycles. The van der Waals surface area contributed by atoms with Crippen LogP contribution in [0, 0.1) is 12.7 Å². The standard InChI is InChI=1S/C13H12FN3O2/c1-7-6-10(19-2)17-13(16-7)12(18)8-4-3-5-9(14)11(8)15/h3-6H,15H2,1-2H3. The van der Waals surface area contributed by atoms with Gasteiger partial charge in [-0.1, -0.05) is 6.07 Å². The molecule has 0 unspecified atom stereocenters. The number of para-hydroxylation sites is 1. The van der Waals surface area contributed by atoms with Crippen LogP contribution in [0.2, 0.25) is 0 Å². The van der Waals surface area contributed by atoms with Gasteiger partial charge in [-0.05, 0) is 19.1 Å². The van der Waals surface area contributed by atoms with Crippen LogP contribution >= 0.6 is 0 Å². The number of nitrogen functional groups attached to an aromatic ring is 1. The Labute approximate surface area is 109 Å². The first-order chi connectivity index (χ1) is 9.02. The van der Waals surface area contributed by atoms with Crippen LogP contribution in [0.5, 0.6) is 5.88 Å². The quantitative estimate of drug-likeness (QED) is 0.672. The Balaban J connectivity index is 2.50. The van der Waals surface area contributed by atoms with Gasteiger partial charge in [-0.25, -0.2) is 9.37 Å². The second-order valence-electron chi connectivity index (χ2n) is 3.91. The SMILES string of the molecule is COc1cc(C)nc(C(=O)c2cccc(F)c2N)n1. The molecule has 2 N–H and O–H groups in total. The van der Waals surface area contributed by atoms with Crippen molar-refractivity contribution in [1.82, 2.24) is 9.97 Å². The molecule has 0 aliphatic carbocycles. The Morgan fingerprint density at radius 2 is 2.11 bits per heavy atom. The van der Waals surface area contributed by atoms with E-state index in [-0.39, 0.29) is 23.0 Å². The molecule has 6 heteroatoms. The van der Waals surface area contributed by atoms with E-state index in [9.17, 15) is 9.18 Å². The third kappa shape index (κ3) is 2.52. The van der Waals surface area contributed by atoms with Crippen molar-refractivity contribution in [2.24, 2.45) is 0 Å². The predicted octanol–water partition coefficient (Wildman–Crippen LogP) is 1.75. The summed E-state index contributed by atoms with van der Waals surface area (Å²) in [4.78, 5) is 20.2. The molecule has 0 bridgehead atoms. The number of halogens is 1. The van der Waals surface area contributed by atoms with E-state index in [2.05, 4.69) is 9.97 Å². The maximum atomic E-state index is 13.3. The molecule has 0 aliphatic heterocycles. The van der Waals surface area contributed by atoms with Crippen LogP contribution in [0.4, 0.5) is 10.1 Å². The van der Waals surface area contributed by atoms with Crippen LogP contribution in [0.25, 0.3) is 0 Å². The molecule has 98 valence electrons. The van der Waals surface area contributed by atoms with Crippen LogP contribution in [-0.2, 0) is 0 Å². The summed E-state index contributed by atoms with van der Waals surface area (Å²) in [6.07, 6.45) is 0. The monoisotopic (exact) mass is 261 g/mol. The number of methoxy groups -OCH3 is 1. The lowest BCUT2D eigenvalue weighted by atomic mass is 10.1. The number of nitrogens with zero attached hydrogens (tertiary/aromatic N) is 2. The van der Waals surface area contributed by atoms with Crippen LogP contribution in [-0.4, -0.2) is 22.9 Å². The molecule has 0 radical (unpaired) electrons. The molecule has 0 saturated heterocycles. The molecule has 0 amide bonds. The first-order valence-corrected chi connectivity index (χ1v) is 5.51. The summed E-state index contributed by atoms with van der Waals surface area (Å²) in [6, 6.07) is 5.61. The van der Waals surface area contributed by atoms with Gasteiger partial charge in [0.15, 0.2) is 0 Å². The number of rotatable bonds is 3. The van der Waals surface area contributed by atoms with Gasteiger partial charge in [0, 0.05) is 11.8 Å². The highest BCUT2D eigenvalue weighted by Gasteiger charge is 2.18. The van der Waals surface area contributed by atoms with Crippen LogP contribution < -0.4 is 10.5 Å². The van der Waals surface area contributed by atoms with E-state index in [0.29, 0.717) is 5.69 Å². The minimum atomic E-state index is -0.648. The Morgan fingerprint density at radius 1 is 1.37 bits per heavy atom. The highest BCUT2D eigenvalue weighted by Crippen LogP contribution is 2.19. The van der Waals surface area contributed by atoms with Gasteiger partial charge in [-0.15, -0.1) is 0 Å². The van der Waals surface area contributed by atoms with Crippen molar-refractivity contribution < 1.29 is 13.9 Å². The summed E-state index contributed by atoms with van der Waals surface area (Å²) < 4.78 is 18.3. The predicted molar refractivity (Wildman–Crippen MR) is 67.6 cm³/mol. The number of hydrogen-bond donors (Lipinski definition) is 1. The highest BCUT2D eigenvalue weighted by molar-refractivity contribution is 6.09. The van der Waals surface area contributed by atoms with Gasteiger partial charge in [0.2, 0.25) is 17.5 Å². The van der Waals surface area contributed by atoms with Gasteiger partial charge < -0.3 is 10.5 Å². The number of hydrogen-bond acceptors (Lipinski definition) is 5. The Hall–Kier alpha value is -2.50. The smallest absolute Gasteiger partial charge is 0.232 e.